The van der Waals surface area contributed by atoms with E-state index in [2.05, 4.69) is 10.1 Å². The van der Waals surface area contributed by atoms with Crippen molar-refractivity contribution < 1.29 is 9.57 Å². The van der Waals surface area contributed by atoms with Gasteiger partial charge >= 0.3 is 0 Å². The van der Waals surface area contributed by atoms with Crippen LogP contribution in [0.2, 0.25) is 0 Å². The maximum absolute atomic E-state index is 5.18. The van der Waals surface area contributed by atoms with Gasteiger partial charge in [-0.15, -0.1) is 0 Å². The molecule has 82 valence electrons. The molecule has 0 aromatic rings. The fourth-order valence-electron chi connectivity index (χ4n) is 1.57. The Labute approximate surface area is 85.9 Å². The molecule has 14 heavy (non-hydrogen) atoms. The Bertz CT molecular complexity index is 177. The predicted octanol–water partition coefficient (Wildman–Crippen LogP) is 1.12. The minimum Gasteiger partial charge on any atom is -0.394 e. The Morgan fingerprint density at radius 2 is 2.07 bits per heavy atom. The first kappa shape index (κ1) is 11.5. The maximum Gasteiger partial charge on any atom is 0.129 e. The van der Waals surface area contributed by atoms with Gasteiger partial charge in [-0.05, 0) is 32.9 Å². The zero-order valence-corrected chi connectivity index (χ0v) is 9.16. The van der Waals surface area contributed by atoms with Crippen LogP contribution in [0.3, 0.4) is 0 Å². The van der Waals surface area contributed by atoms with Crippen molar-refractivity contribution in [3.8, 4) is 0 Å². The summed E-state index contributed by atoms with van der Waals surface area (Å²) in [5, 5.41) is 3.94. The van der Waals surface area contributed by atoms with Gasteiger partial charge in [0.2, 0.25) is 0 Å². The molecule has 0 radical (unpaired) electrons. The molecule has 4 nitrogen and oxygen atoms in total. The molecule has 1 heterocycles. The van der Waals surface area contributed by atoms with Crippen LogP contribution in [-0.4, -0.2) is 50.6 Å². The molecule has 0 bridgehead atoms. The molecule has 0 N–H and O–H groups in total. The van der Waals surface area contributed by atoms with Crippen molar-refractivity contribution in [1.82, 2.24) is 4.90 Å². The Morgan fingerprint density at radius 3 is 2.71 bits per heavy atom. The van der Waals surface area contributed by atoms with E-state index >= 15 is 0 Å². The van der Waals surface area contributed by atoms with Gasteiger partial charge in [0.25, 0.3) is 0 Å². The molecule has 1 aliphatic rings. The summed E-state index contributed by atoms with van der Waals surface area (Å²) in [5.41, 5.74) is 0.883. The lowest BCUT2D eigenvalue weighted by Gasteiger charge is -2.12. The van der Waals surface area contributed by atoms with Crippen LogP contribution < -0.4 is 0 Å². The third kappa shape index (κ3) is 4.58. The second kappa shape index (κ2) is 6.79. The SMILES string of the molecule is COC/C(C)=N\OCCN1CCCC1. The summed E-state index contributed by atoms with van der Waals surface area (Å²) in [5.74, 6) is 0. The molecule has 1 saturated heterocycles. The van der Waals surface area contributed by atoms with E-state index in [4.69, 9.17) is 9.57 Å². The highest BCUT2D eigenvalue weighted by atomic mass is 16.6. The van der Waals surface area contributed by atoms with Gasteiger partial charge in [0, 0.05) is 13.7 Å². The standard InChI is InChI=1S/C10H20N2O2/c1-10(9-13-2)11-14-8-7-12-5-3-4-6-12/h3-9H2,1-2H3/b11-10-. The van der Waals surface area contributed by atoms with E-state index in [-0.39, 0.29) is 0 Å². The van der Waals surface area contributed by atoms with Gasteiger partial charge in [0.05, 0.1) is 12.3 Å². The first-order valence-electron chi connectivity index (χ1n) is 5.19. The van der Waals surface area contributed by atoms with Gasteiger partial charge in [0.15, 0.2) is 0 Å². The number of methoxy groups -OCH3 is 1. The van der Waals surface area contributed by atoms with Gasteiger partial charge < -0.3 is 9.57 Å². The Hall–Kier alpha value is -0.610. The molecule has 0 amide bonds. The minimum atomic E-state index is 0.545. The lowest BCUT2D eigenvalue weighted by molar-refractivity contribution is 0.116. The third-order valence-electron chi connectivity index (χ3n) is 2.27. The molecule has 0 atom stereocenters. The quantitative estimate of drug-likeness (QED) is 0.366. The molecule has 1 fully saturated rings. The second-order valence-electron chi connectivity index (χ2n) is 3.64. The van der Waals surface area contributed by atoms with Crippen molar-refractivity contribution in [2.45, 2.75) is 19.8 Å². The van der Waals surface area contributed by atoms with Crippen LogP contribution in [0.5, 0.6) is 0 Å². The molecule has 4 heteroatoms. The predicted molar refractivity (Wildman–Crippen MR) is 56.6 cm³/mol. The highest BCUT2D eigenvalue weighted by molar-refractivity contribution is 5.82. The summed E-state index contributed by atoms with van der Waals surface area (Å²) in [7, 11) is 1.66. The number of hydrogen-bond donors (Lipinski definition) is 0. The third-order valence-corrected chi connectivity index (χ3v) is 2.27. The van der Waals surface area contributed by atoms with E-state index < -0.39 is 0 Å². The lowest BCUT2D eigenvalue weighted by Crippen LogP contribution is -2.23. The Balaban J connectivity index is 2.00. The second-order valence-corrected chi connectivity index (χ2v) is 3.64. The van der Waals surface area contributed by atoms with Crippen molar-refractivity contribution in [2.75, 3.05) is 40.0 Å². The van der Waals surface area contributed by atoms with Crippen molar-refractivity contribution >= 4 is 5.71 Å². The summed E-state index contributed by atoms with van der Waals surface area (Å²) in [6, 6.07) is 0. The van der Waals surface area contributed by atoms with Crippen LogP contribution in [0.15, 0.2) is 5.16 Å². The molecule has 0 aliphatic carbocycles. The largest absolute Gasteiger partial charge is 0.394 e. The molecular formula is C10H20N2O2. The zero-order chi connectivity index (χ0) is 10.2. The first-order chi connectivity index (χ1) is 6.83. The Kier molecular flexibility index (Phi) is 5.56. The molecule has 0 aromatic heterocycles. The van der Waals surface area contributed by atoms with Crippen molar-refractivity contribution in [1.29, 1.82) is 0 Å². The molecule has 0 spiro atoms. The molecule has 1 rings (SSSR count). The monoisotopic (exact) mass is 200 g/mol. The van der Waals surface area contributed by atoms with Crippen LogP contribution in [0.1, 0.15) is 19.8 Å². The van der Waals surface area contributed by atoms with Crippen molar-refractivity contribution in [3.05, 3.63) is 0 Å². The Morgan fingerprint density at radius 1 is 1.36 bits per heavy atom. The van der Waals surface area contributed by atoms with E-state index in [9.17, 15) is 0 Å². The fraction of sp³-hybridized carbons (Fsp3) is 0.900. The van der Waals surface area contributed by atoms with E-state index in [1.165, 1.54) is 25.9 Å². The molecular weight excluding hydrogens is 180 g/mol. The normalized spacial score (nSPS) is 18.9. The van der Waals surface area contributed by atoms with E-state index in [1.807, 2.05) is 6.92 Å². The van der Waals surface area contributed by atoms with Gasteiger partial charge in [-0.3, -0.25) is 4.90 Å². The number of oxime groups is 1. The van der Waals surface area contributed by atoms with E-state index in [0.29, 0.717) is 13.2 Å². The minimum absolute atomic E-state index is 0.545. The maximum atomic E-state index is 5.18. The van der Waals surface area contributed by atoms with Crippen molar-refractivity contribution in [2.24, 2.45) is 5.16 Å². The number of nitrogens with zero attached hydrogens (tertiary/aromatic N) is 2. The summed E-state index contributed by atoms with van der Waals surface area (Å²) in [6.07, 6.45) is 2.65. The van der Waals surface area contributed by atoms with Gasteiger partial charge in [-0.2, -0.15) is 0 Å². The van der Waals surface area contributed by atoms with Crippen molar-refractivity contribution in [3.63, 3.8) is 0 Å². The van der Waals surface area contributed by atoms with Gasteiger partial charge in [-0.1, -0.05) is 5.16 Å². The summed E-state index contributed by atoms with van der Waals surface area (Å²) >= 11 is 0. The number of hydrogen-bond acceptors (Lipinski definition) is 4. The topological polar surface area (TPSA) is 34.1 Å². The van der Waals surface area contributed by atoms with Crippen LogP contribution >= 0.6 is 0 Å². The van der Waals surface area contributed by atoms with E-state index in [1.54, 1.807) is 7.11 Å². The number of ether oxygens (including phenoxy) is 1. The smallest absolute Gasteiger partial charge is 0.129 e. The van der Waals surface area contributed by atoms with Crippen LogP contribution in [0.4, 0.5) is 0 Å². The summed E-state index contributed by atoms with van der Waals surface area (Å²) < 4.78 is 4.91. The van der Waals surface area contributed by atoms with Crippen LogP contribution in [0, 0.1) is 0 Å². The van der Waals surface area contributed by atoms with Crippen LogP contribution in [-0.2, 0) is 9.57 Å². The van der Waals surface area contributed by atoms with Gasteiger partial charge in [0.1, 0.15) is 6.61 Å². The average molecular weight is 200 g/mol. The highest BCUT2D eigenvalue weighted by Crippen LogP contribution is 2.05. The first-order valence-corrected chi connectivity index (χ1v) is 5.19. The molecule has 1 aliphatic heterocycles. The van der Waals surface area contributed by atoms with E-state index in [0.717, 1.165) is 12.3 Å². The average Bonchev–Trinajstić information content (AvgIpc) is 2.65. The lowest BCUT2D eigenvalue weighted by atomic mass is 10.4. The molecule has 0 saturated carbocycles. The number of likely N-dealkylation sites (tertiary alicyclic amines) is 1. The molecule has 0 unspecified atom stereocenters. The fourth-order valence-corrected chi connectivity index (χ4v) is 1.57. The summed E-state index contributed by atoms with van der Waals surface area (Å²) in [4.78, 5) is 7.58. The summed E-state index contributed by atoms with van der Waals surface area (Å²) in [6.45, 7) is 6.54. The highest BCUT2D eigenvalue weighted by Gasteiger charge is 2.10. The van der Waals surface area contributed by atoms with Crippen LogP contribution in [0.25, 0.3) is 0 Å². The zero-order valence-electron chi connectivity index (χ0n) is 9.16. The molecule has 0 aromatic carbocycles. The van der Waals surface area contributed by atoms with Gasteiger partial charge in [-0.25, -0.2) is 0 Å². The number of rotatable bonds is 6.